The fourth-order valence-corrected chi connectivity index (χ4v) is 4.79. The van der Waals surface area contributed by atoms with E-state index in [0.717, 1.165) is 35.4 Å². The van der Waals surface area contributed by atoms with Gasteiger partial charge in [-0.05, 0) is 60.2 Å². The maximum atomic E-state index is 13.1. The summed E-state index contributed by atoms with van der Waals surface area (Å²) in [7, 11) is 0. The van der Waals surface area contributed by atoms with Crippen molar-refractivity contribution in [3.63, 3.8) is 0 Å². The van der Waals surface area contributed by atoms with Crippen LogP contribution in [0.3, 0.4) is 0 Å². The summed E-state index contributed by atoms with van der Waals surface area (Å²) >= 11 is 7.85. The van der Waals surface area contributed by atoms with Crippen LogP contribution < -0.4 is 9.47 Å². The Kier molecular flexibility index (Phi) is 5.11. The zero-order valence-corrected chi connectivity index (χ0v) is 18.1. The van der Waals surface area contributed by atoms with E-state index in [-0.39, 0.29) is 5.78 Å². The normalized spacial score (nSPS) is 16.9. The quantitative estimate of drug-likeness (QED) is 0.489. The predicted molar refractivity (Wildman–Crippen MR) is 119 cm³/mol. The summed E-state index contributed by atoms with van der Waals surface area (Å²) in [6, 6.07) is 13.5. The molecule has 5 rings (SSSR count). The van der Waals surface area contributed by atoms with Gasteiger partial charge in [0.25, 0.3) is 0 Å². The molecule has 2 aliphatic rings. The predicted octanol–water partition coefficient (Wildman–Crippen LogP) is 5.72. The minimum Gasteiger partial charge on any atom is -0.478 e. The van der Waals surface area contributed by atoms with Crippen molar-refractivity contribution in [1.82, 2.24) is 4.90 Å². The van der Waals surface area contributed by atoms with E-state index in [4.69, 9.17) is 21.1 Å². The minimum absolute atomic E-state index is 0.0963. The van der Waals surface area contributed by atoms with Crippen LogP contribution >= 0.6 is 22.9 Å². The van der Waals surface area contributed by atoms with Crippen LogP contribution in [0.2, 0.25) is 5.02 Å². The first kappa shape index (κ1) is 19.4. The number of fused-ring (bicyclic) bond motifs is 3. The highest BCUT2D eigenvalue weighted by molar-refractivity contribution is 7.09. The van der Waals surface area contributed by atoms with E-state index in [0.29, 0.717) is 35.4 Å². The van der Waals surface area contributed by atoms with Gasteiger partial charge >= 0.3 is 0 Å². The van der Waals surface area contributed by atoms with Crippen LogP contribution in [0.5, 0.6) is 11.5 Å². The average molecular weight is 438 g/mol. The fourth-order valence-electron chi connectivity index (χ4n) is 3.89. The number of halogens is 1. The largest absolute Gasteiger partial charge is 0.478 e. The molecule has 4 nitrogen and oxygen atoms in total. The van der Waals surface area contributed by atoms with Crippen molar-refractivity contribution in [2.45, 2.75) is 19.9 Å². The molecule has 0 spiro atoms. The number of allylic oxidation sites excluding steroid dienone is 1. The van der Waals surface area contributed by atoms with E-state index in [9.17, 15) is 4.79 Å². The first-order valence-electron chi connectivity index (χ1n) is 9.82. The summed E-state index contributed by atoms with van der Waals surface area (Å²) in [5, 5.41) is 2.72. The van der Waals surface area contributed by atoms with Gasteiger partial charge in [-0.2, -0.15) is 0 Å². The van der Waals surface area contributed by atoms with Crippen molar-refractivity contribution >= 4 is 34.8 Å². The Labute approximate surface area is 184 Å². The number of hydrogen-bond acceptors (Lipinski definition) is 5. The monoisotopic (exact) mass is 437 g/mol. The molecule has 0 saturated heterocycles. The molecule has 0 atom stereocenters. The lowest BCUT2D eigenvalue weighted by molar-refractivity contribution is 0.0951. The van der Waals surface area contributed by atoms with Crippen LogP contribution in [0.15, 0.2) is 53.6 Å². The van der Waals surface area contributed by atoms with E-state index >= 15 is 0 Å². The van der Waals surface area contributed by atoms with Crippen LogP contribution in [-0.2, 0) is 13.0 Å². The molecule has 0 bridgehead atoms. The summed E-state index contributed by atoms with van der Waals surface area (Å²) in [5.41, 5.74) is 3.27. The molecule has 0 fully saturated rings. The molecule has 3 aromatic rings. The summed E-state index contributed by atoms with van der Waals surface area (Å²) < 4.78 is 12.1. The Morgan fingerprint density at radius 3 is 2.93 bits per heavy atom. The van der Waals surface area contributed by atoms with Crippen molar-refractivity contribution < 1.29 is 14.3 Å². The van der Waals surface area contributed by atoms with Crippen LogP contribution in [0, 0.1) is 6.92 Å². The van der Waals surface area contributed by atoms with Gasteiger partial charge in [-0.15, -0.1) is 11.3 Å². The molecule has 0 saturated carbocycles. The number of Topliss-reactive ketones (excluding diaryl/α,β-unsaturated/α-hetero) is 1. The Morgan fingerprint density at radius 2 is 2.13 bits per heavy atom. The highest BCUT2D eigenvalue weighted by Gasteiger charge is 2.35. The third kappa shape index (κ3) is 3.65. The molecular formula is C24H20ClNO3S. The van der Waals surface area contributed by atoms with Crippen molar-refractivity contribution in [3.8, 4) is 11.5 Å². The van der Waals surface area contributed by atoms with E-state index in [1.165, 1.54) is 4.88 Å². The van der Waals surface area contributed by atoms with Crippen molar-refractivity contribution in [1.29, 1.82) is 0 Å². The zero-order valence-electron chi connectivity index (χ0n) is 16.5. The van der Waals surface area contributed by atoms with Gasteiger partial charge in [0.1, 0.15) is 18.2 Å². The van der Waals surface area contributed by atoms with Crippen LogP contribution in [0.4, 0.5) is 0 Å². The highest BCUT2D eigenvalue weighted by atomic mass is 35.5. The molecule has 0 aliphatic carbocycles. The van der Waals surface area contributed by atoms with Crippen LogP contribution in [0.25, 0.3) is 6.08 Å². The van der Waals surface area contributed by atoms with E-state index < -0.39 is 0 Å². The number of carbonyl (C=O) groups excluding carboxylic acids is 1. The maximum absolute atomic E-state index is 13.1. The van der Waals surface area contributed by atoms with Gasteiger partial charge in [-0.1, -0.05) is 29.8 Å². The van der Waals surface area contributed by atoms with Crippen LogP contribution in [-0.4, -0.2) is 24.0 Å². The molecule has 0 amide bonds. The number of carbonyl (C=O) groups is 1. The SMILES string of the molecule is Cc1cc2c(c3c1C(=O)/C(=C/c1cccc(Cl)c1)O3)CN(CCc1cccs1)CO2. The molecule has 2 aromatic carbocycles. The molecule has 30 heavy (non-hydrogen) atoms. The molecule has 1 aromatic heterocycles. The second-order valence-electron chi connectivity index (χ2n) is 7.52. The molecule has 152 valence electrons. The topological polar surface area (TPSA) is 38.8 Å². The highest BCUT2D eigenvalue weighted by Crippen LogP contribution is 2.44. The lowest BCUT2D eigenvalue weighted by atomic mass is 9.98. The van der Waals surface area contributed by atoms with E-state index in [1.807, 2.05) is 31.2 Å². The first-order valence-corrected chi connectivity index (χ1v) is 11.1. The molecule has 0 radical (unpaired) electrons. The van der Waals surface area contributed by atoms with Gasteiger partial charge < -0.3 is 9.47 Å². The van der Waals surface area contributed by atoms with Gasteiger partial charge in [-0.3, -0.25) is 9.69 Å². The Balaban J connectivity index is 1.43. The number of ketones is 1. The van der Waals surface area contributed by atoms with Gasteiger partial charge in [0.2, 0.25) is 5.78 Å². The van der Waals surface area contributed by atoms with Crippen molar-refractivity contribution in [2.75, 3.05) is 13.3 Å². The molecule has 0 unspecified atom stereocenters. The minimum atomic E-state index is -0.0963. The number of hydrogen-bond donors (Lipinski definition) is 0. The third-order valence-corrected chi connectivity index (χ3v) is 6.56. The average Bonchev–Trinajstić information content (AvgIpc) is 3.36. The number of nitrogens with zero attached hydrogens (tertiary/aromatic N) is 1. The van der Waals surface area contributed by atoms with Crippen molar-refractivity contribution in [2.24, 2.45) is 0 Å². The second-order valence-corrected chi connectivity index (χ2v) is 8.99. The molecular weight excluding hydrogens is 418 g/mol. The van der Waals surface area contributed by atoms with E-state index in [2.05, 4.69) is 22.4 Å². The maximum Gasteiger partial charge on any atom is 0.232 e. The first-order chi connectivity index (χ1) is 14.6. The molecule has 3 heterocycles. The lowest BCUT2D eigenvalue weighted by Gasteiger charge is -2.30. The second kappa shape index (κ2) is 7.91. The van der Waals surface area contributed by atoms with Gasteiger partial charge in [0, 0.05) is 23.0 Å². The van der Waals surface area contributed by atoms with Gasteiger partial charge in [-0.25, -0.2) is 0 Å². The molecule has 6 heteroatoms. The van der Waals surface area contributed by atoms with Crippen molar-refractivity contribution in [3.05, 3.63) is 85.8 Å². The number of rotatable bonds is 4. The van der Waals surface area contributed by atoms with Gasteiger partial charge in [0.15, 0.2) is 5.76 Å². The smallest absolute Gasteiger partial charge is 0.232 e. The molecule has 0 N–H and O–H groups in total. The summed E-state index contributed by atoms with van der Waals surface area (Å²) in [6.07, 6.45) is 2.72. The standard InChI is InChI=1S/C24H20ClNO3S/c1-15-10-20-19(13-26(14-28-20)8-7-18-6-3-9-30-18)24-22(15)23(27)21(29-24)12-16-4-2-5-17(25)11-16/h2-6,9-12H,7-8,13-14H2,1H3/b21-12-. The number of benzene rings is 2. The molecule has 2 aliphatic heterocycles. The summed E-state index contributed by atoms with van der Waals surface area (Å²) in [6.45, 7) is 4.05. The van der Waals surface area contributed by atoms with Crippen LogP contribution in [0.1, 0.15) is 31.9 Å². The lowest BCUT2D eigenvalue weighted by Crippen LogP contribution is -2.33. The number of aryl methyl sites for hydroxylation is 1. The fraction of sp³-hybridized carbons (Fsp3) is 0.208. The Bertz CT molecular complexity index is 1150. The van der Waals surface area contributed by atoms with Gasteiger partial charge in [0.05, 0.1) is 11.1 Å². The zero-order chi connectivity index (χ0) is 20.7. The Morgan fingerprint density at radius 1 is 1.23 bits per heavy atom. The Hall–Kier alpha value is -2.60. The summed E-state index contributed by atoms with van der Waals surface area (Å²) in [5.74, 6) is 1.65. The summed E-state index contributed by atoms with van der Waals surface area (Å²) in [4.78, 5) is 16.7. The van der Waals surface area contributed by atoms with E-state index in [1.54, 1.807) is 23.5 Å². The number of ether oxygens (including phenoxy) is 2. The number of thiophene rings is 1. The third-order valence-electron chi connectivity index (χ3n) is 5.39.